The molecule has 0 heterocycles. The van der Waals surface area contributed by atoms with E-state index in [9.17, 15) is 0 Å². The highest BCUT2D eigenvalue weighted by atomic mass is 32.2. The Balaban J connectivity index is 1.57. The molecule has 1 fully saturated rings. The number of hydrogen-bond donors (Lipinski definition) is 0. The second-order valence-corrected chi connectivity index (χ2v) is 10.5. The van der Waals surface area contributed by atoms with Crippen molar-refractivity contribution >= 4 is 11.8 Å². The van der Waals surface area contributed by atoms with Crippen molar-refractivity contribution < 1.29 is 4.74 Å². The molecule has 154 valence electrons. The molecule has 4 rings (SSSR count). The van der Waals surface area contributed by atoms with Crippen molar-refractivity contribution in [3.8, 4) is 0 Å². The minimum absolute atomic E-state index is 0.267. The first-order valence-corrected chi connectivity index (χ1v) is 12.0. The van der Waals surface area contributed by atoms with Gasteiger partial charge in [0.2, 0.25) is 0 Å². The molecule has 0 N–H and O–H groups in total. The quantitative estimate of drug-likeness (QED) is 0.482. The second kappa shape index (κ2) is 9.10. The monoisotopic (exact) mass is 406 g/mol. The van der Waals surface area contributed by atoms with E-state index < -0.39 is 0 Å². The van der Waals surface area contributed by atoms with Crippen molar-refractivity contribution in [1.29, 1.82) is 0 Å². The van der Waals surface area contributed by atoms with Crippen molar-refractivity contribution in [3.05, 3.63) is 76.7 Å². The van der Waals surface area contributed by atoms with Crippen LogP contribution < -0.4 is 0 Å². The van der Waals surface area contributed by atoms with Crippen LogP contribution in [0.3, 0.4) is 0 Å². The van der Waals surface area contributed by atoms with Crippen LogP contribution >= 0.6 is 11.8 Å². The van der Waals surface area contributed by atoms with E-state index in [1.54, 1.807) is 10.5 Å². The van der Waals surface area contributed by atoms with Crippen LogP contribution in [0.2, 0.25) is 0 Å². The van der Waals surface area contributed by atoms with E-state index in [-0.39, 0.29) is 5.41 Å². The number of allylic oxidation sites excluding steroid dienone is 2. The largest absolute Gasteiger partial charge is 0.373 e. The lowest BCUT2D eigenvalue weighted by Gasteiger charge is -2.37. The predicted octanol–water partition coefficient (Wildman–Crippen LogP) is 7.87. The van der Waals surface area contributed by atoms with Gasteiger partial charge in [-0.3, -0.25) is 0 Å². The average Bonchev–Trinajstić information content (AvgIpc) is 3.00. The van der Waals surface area contributed by atoms with Crippen molar-refractivity contribution in [2.45, 2.75) is 70.5 Å². The van der Waals surface area contributed by atoms with E-state index in [2.05, 4.69) is 81.4 Å². The molecule has 3 atom stereocenters. The van der Waals surface area contributed by atoms with E-state index in [4.69, 9.17) is 4.74 Å². The third-order valence-electron chi connectivity index (χ3n) is 7.01. The van der Waals surface area contributed by atoms with Gasteiger partial charge in [0.05, 0.1) is 12.7 Å². The molecule has 2 aliphatic rings. The summed E-state index contributed by atoms with van der Waals surface area (Å²) in [6.07, 6.45) is 6.37. The summed E-state index contributed by atoms with van der Waals surface area (Å²) in [5.41, 5.74) is 3.28. The van der Waals surface area contributed by atoms with Crippen LogP contribution in [0.4, 0.5) is 0 Å². The maximum absolute atomic E-state index is 6.51. The summed E-state index contributed by atoms with van der Waals surface area (Å²) in [6.45, 7) is 8.08. The first-order chi connectivity index (χ1) is 14.1. The van der Waals surface area contributed by atoms with Crippen LogP contribution in [-0.4, -0.2) is 6.10 Å². The molecule has 0 amide bonds. The molecule has 0 radical (unpaired) electrons. The maximum Gasteiger partial charge on any atom is 0.0720 e. The van der Waals surface area contributed by atoms with Crippen LogP contribution in [0.1, 0.15) is 58.4 Å². The number of hydrogen-bond acceptors (Lipinski definition) is 2. The van der Waals surface area contributed by atoms with Crippen LogP contribution in [0.15, 0.2) is 76.0 Å². The van der Waals surface area contributed by atoms with Crippen LogP contribution in [0.25, 0.3) is 0 Å². The standard InChI is InChI=1S/C27H34OS/c1-20(2)24-15-16-25-26(29-23-12-8-5-9-13-23)17-14-22(18-27(24,25)3)28-19-21-10-6-4-7-11-21/h4-13,20,22,24H,14-19H2,1-3H3/t22-,24+,27+/m0/s1. The molecular formula is C27H34OS. The van der Waals surface area contributed by atoms with Gasteiger partial charge in [0.25, 0.3) is 0 Å². The highest BCUT2D eigenvalue weighted by Gasteiger charge is 2.47. The summed E-state index contributed by atoms with van der Waals surface area (Å²) in [4.78, 5) is 2.99. The summed E-state index contributed by atoms with van der Waals surface area (Å²) in [5, 5.41) is 0. The summed E-state index contributed by atoms with van der Waals surface area (Å²) in [7, 11) is 0. The van der Waals surface area contributed by atoms with E-state index in [0.717, 1.165) is 31.8 Å². The zero-order valence-electron chi connectivity index (χ0n) is 18.1. The van der Waals surface area contributed by atoms with Crippen LogP contribution in [-0.2, 0) is 11.3 Å². The van der Waals surface area contributed by atoms with Gasteiger partial charge in [-0.05, 0) is 72.0 Å². The Morgan fingerprint density at radius 1 is 0.966 bits per heavy atom. The second-order valence-electron chi connectivity index (χ2n) is 9.28. The van der Waals surface area contributed by atoms with E-state index in [0.29, 0.717) is 12.0 Å². The summed E-state index contributed by atoms with van der Waals surface area (Å²) >= 11 is 2.01. The molecule has 2 aromatic carbocycles. The Labute approximate surface area is 180 Å². The molecule has 2 heteroatoms. The molecule has 29 heavy (non-hydrogen) atoms. The summed E-state index contributed by atoms with van der Waals surface area (Å²) in [6, 6.07) is 21.5. The van der Waals surface area contributed by atoms with E-state index in [1.807, 2.05) is 11.8 Å². The minimum Gasteiger partial charge on any atom is -0.373 e. The Bertz CT molecular complexity index is 826. The van der Waals surface area contributed by atoms with Crippen LogP contribution in [0.5, 0.6) is 0 Å². The number of fused-ring (bicyclic) bond motifs is 1. The fourth-order valence-corrected chi connectivity index (χ4v) is 6.88. The Morgan fingerprint density at radius 2 is 1.66 bits per heavy atom. The summed E-state index contributed by atoms with van der Waals surface area (Å²) < 4.78 is 6.51. The maximum atomic E-state index is 6.51. The molecular weight excluding hydrogens is 372 g/mol. The van der Waals surface area contributed by atoms with Crippen LogP contribution in [0, 0.1) is 17.3 Å². The highest BCUT2D eigenvalue weighted by molar-refractivity contribution is 8.03. The highest BCUT2D eigenvalue weighted by Crippen LogP contribution is 2.58. The molecule has 0 aromatic heterocycles. The summed E-state index contributed by atoms with van der Waals surface area (Å²) in [5.74, 6) is 1.47. The van der Waals surface area contributed by atoms with Gasteiger partial charge < -0.3 is 4.74 Å². The molecule has 2 aliphatic carbocycles. The Hall–Kier alpha value is -1.51. The van der Waals surface area contributed by atoms with Gasteiger partial charge in [-0.1, -0.05) is 86.6 Å². The topological polar surface area (TPSA) is 9.23 Å². The van der Waals surface area contributed by atoms with Gasteiger partial charge in [-0.25, -0.2) is 0 Å². The Morgan fingerprint density at radius 3 is 2.34 bits per heavy atom. The fourth-order valence-electron chi connectivity index (χ4n) is 5.62. The van der Waals surface area contributed by atoms with Gasteiger partial charge in [-0.2, -0.15) is 0 Å². The molecule has 0 bridgehead atoms. The first kappa shape index (κ1) is 20.8. The molecule has 0 saturated heterocycles. The van der Waals surface area contributed by atoms with Gasteiger partial charge in [0, 0.05) is 4.90 Å². The lowest BCUT2D eigenvalue weighted by molar-refractivity contribution is 0.00136. The molecule has 1 nitrogen and oxygen atoms in total. The van der Waals surface area contributed by atoms with E-state index in [1.165, 1.54) is 23.3 Å². The lowest BCUT2D eigenvalue weighted by atomic mass is 9.69. The number of thioether (sulfide) groups is 1. The van der Waals surface area contributed by atoms with Gasteiger partial charge in [-0.15, -0.1) is 0 Å². The SMILES string of the molecule is CC(C)[C@H]1CCC2=C(Sc3ccccc3)CC[C@H](OCc3ccccc3)C[C@@]21C. The zero-order valence-corrected chi connectivity index (χ0v) is 18.9. The molecule has 0 aliphatic heterocycles. The van der Waals surface area contributed by atoms with E-state index >= 15 is 0 Å². The first-order valence-electron chi connectivity index (χ1n) is 11.2. The minimum atomic E-state index is 0.267. The molecule has 2 aromatic rings. The molecule has 0 unspecified atom stereocenters. The average molecular weight is 407 g/mol. The number of ether oxygens (including phenoxy) is 1. The lowest BCUT2D eigenvalue weighted by Crippen LogP contribution is -2.31. The van der Waals surface area contributed by atoms with Crippen molar-refractivity contribution in [2.24, 2.45) is 17.3 Å². The fraction of sp³-hybridized carbons (Fsp3) is 0.481. The number of benzene rings is 2. The third-order valence-corrected chi connectivity index (χ3v) is 8.22. The van der Waals surface area contributed by atoms with Crippen molar-refractivity contribution in [1.82, 2.24) is 0 Å². The zero-order chi connectivity index (χ0) is 20.3. The van der Waals surface area contributed by atoms with Gasteiger partial charge >= 0.3 is 0 Å². The van der Waals surface area contributed by atoms with Crippen molar-refractivity contribution in [2.75, 3.05) is 0 Å². The Kier molecular flexibility index (Phi) is 6.51. The molecule has 0 spiro atoms. The van der Waals surface area contributed by atoms with Crippen molar-refractivity contribution in [3.63, 3.8) is 0 Å². The van der Waals surface area contributed by atoms with Gasteiger partial charge in [0.1, 0.15) is 0 Å². The smallest absolute Gasteiger partial charge is 0.0720 e. The third kappa shape index (κ3) is 4.64. The number of rotatable bonds is 6. The molecule has 1 saturated carbocycles. The predicted molar refractivity (Wildman–Crippen MR) is 124 cm³/mol. The van der Waals surface area contributed by atoms with Gasteiger partial charge in [0.15, 0.2) is 0 Å². The normalized spacial score (nSPS) is 27.2.